The fraction of sp³-hybridized carbons (Fsp3) is 0.520. The molecule has 3 atom stereocenters. The highest BCUT2D eigenvalue weighted by Crippen LogP contribution is 2.40. The van der Waals surface area contributed by atoms with Gasteiger partial charge in [0.25, 0.3) is 0 Å². The molecular formula is C25H33N5S. The molecular weight excluding hydrogens is 402 g/mol. The third-order valence-electron chi connectivity index (χ3n) is 7.13. The number of anilines is 1. The van der Waals surface area contributed by atoms with Crippen LogP contribution in [0.4, 0.5) is 5.82 Å². The van der Waals surface area contributed by atoms with Crippen LogP contribution in [-0.4, -0.2) is 60.2 Å². The normalized spacial score (nSPS) is 24.5. The average molecular weight is 436 g/mol. The topological polar surface area (TPSA) is 44.3 Å². The molecule has 2 saturated heterocycles. The van der Waals surface area contributed by atoms with Crippen molar-refractivity contribution in [3.05, 3.63) is 42.0 Å². The highest BCUT2D eigenvalue weighted by Gasteiger charge is 2.32. The van der Waals surface area contributed by atoms with Gasteiger partial charge in [0.15, 0.2) is 0 Å². The molecule has 0 aliphatic carbocycles. The van der Waals surface area contributed by atoms with Crippen molar-refractivity contribution in [1.29, 1.82) is 0 Å². The van der Waals surface area contributed by atoms with Crippen LogP contribution in [0.1, 0.15) is 32.6 Å². The van der Waals surface area contributed by atoms with Gasteiger partial charge in [-0.05, 0) is 70.8 Å². The van der Waals surface area contributed by atoms with Gasteiger partial charge in [-0.15, -0.1) is 11.3 Å². The van der Waals surface area contributed by atoms with E-state index in [9.17, 15) is 0 Å². The van der Waals surface area contributed by atoms with Gasteiger partial charge in [-0.1, -0.05) is 30.3 Å². The zero-order chi connectivity index (χ0) is 21.2. The average Bonchev–Trinajstić information content (AvgIpc) is 3.50. The maximum Gasteiger partial charge on any atom is 0.141 e. The Morgan fingerprint density at radius 3 is 2.87 bits per heavy atom. The van der Waals surface area contributed by atoms with E-state index < -0.39 is 0 Å². The SMILES string of the molecule is CC1CC(CNCCC2CCCN2C)CN1c1ncnc2scc(-c3ccccc3)c12. The van der Waals surface area contributed by atoms with E-state index >= 15 is 0 Å². The number of fused-ring (bicyclic) bond motifs is 1. The summed E-state index contributed by atoms with van der Waals surface area (Å²) in [5.41, 5.74) is 2.50. The summed E-state index contributed by atoms with van der Waals surface area (Å²) in [6, 6.07) is 11.9. The second-order valence-corrected chi connectivity index (χ2v) is 10.1. The summed E-state index contributed by atoms with van der Waals surface area (Å²) in [6.45, 7) is 6.89. The summed E-state index contributed by atoms with van der Waals surface area (Å²) in [5, 5.41) is 7.20. The lowest BCUT2D eigenvalue weighted by molar-refractivity contribution is 0.292. The molecule has 2 aliphatic heterocycles. The lowest BCUT2D eigenvalue weighted by atomic mass is 10.1. The molecule has 31 heavy (non-hydrogen) atoms. The lowest BCUT2D eigenvalue weighted by Crippen LogP contribution is -2.32. The standard InChI is InChI=1S/C25H33N5S/c1-18-13-19(14-26-11-10-21-9-6-12-29(21)2)15-30(18)24-23-22(20-7-4-3-5-8-20)16-31-25(23)28-17-27-24/h3-5,7-8,16-19,21,26H,6,9-15H2,1-2H3. The first-order valence-corrected chi connectivity index (χ1v) is 12.5. The molecule has 164 valence electrons. The zero-order valence-electron chi connectivity index (χ0n) is 18.6. The summed E-state index contributed by atoms with van der Waals surface area (Å²) in [6.07, 6.45) is 6.94. The van der Waals surface area contributed by atoms with Gasteiger partial charge < -0.3 is 15.1 Å². The predicted molar refractivity (Wildman–Crippen MR) is 131 cm³/mol. The molecule has 1 aromatic carbocycles. The second-order valence-electron chi connectivity index (χ2n) is 9.27. The van der Waals surface area contributed by atoms with Crippen LogP contribution in [0.15, 0.2) is 42.0 Å². The van der Waals surface area contributed by atoms with E-state index in [1.165, 1.54) is 48.7 Å². The molecule has 2 aliphatic rings. The van der Waals surface area contributed by atoms with E-state index in [0.29, 0.717) is 12.0 Å². The highest BCUT2D eigenvalue weighted by molar-refractivity contribution is 7.17. The third kappa shape index (κ3) is 4.34. The molecule has 0 spiro atoms. The fourth-order valence-electron chi connectivity index (χ4n) is 5.41. The van der Waals surface area contributed by atoms with Crippen molar-refractivity contribution in [2.24, 2.45) is 5.92 Å². The number of benzene rings is 1. The summed E-state index contributed by atoms with van der Waals surface area (Å²) in [5.74, 6) is 1.77. The minimum atomic E-state index is 0.495. The first kappa shape index (κ1) is 20.9. The third-order valence-corrected chi connectivity index (χ3v) is 8.01. The van der Waals surface area contributed by atoms with Crippen LogP contribution in [-0.2, 0) is 0 Å². The zero-order valence-corrected chi connectivity index (χ0v) is 19.4. The van der Waals surface area contributed by atoms with Crippen LogP contribution in [0.25, 0.3) is 21.3 Å². The highest BCUT2D eigenvalue weighted by atomic mass is 32.1. The maximum absolute atomic E-state index is 4.78. The number of aromatic nitrogens is 2. The fourth-order valence-corrected chi connectivity index (χ4v) is 6.32. The number of hydrogen-bond acceptors (Lipinski definition) is 6. The minimum Gasteiger partial charge on any atom is -0.353 e. The van der Waals surface area contributed by atoms with Gasteiger partial charge in [0.2, 0.25) is 0 Å². The molecule has 3 unspecified atom stereocenters. The van der Waals surface area contributed by atoms with Crippen LogP contribution >= 0.6 is 11.3 Å². The Labute approximate surface area is 189 Å². The van der Waals surface area contributed by atoms with Gasteiger partial charge in [0.05, 0.1) is 5.39 Å². The molecule has 2 fully saturated rings. The predicted octanol–water partition coefficient (Wildman–Crippen LogP) is 4.65. The number of rotatable bonds is 7. The first-order valence-electron chi connectivity index (χ1n) is 11.7. The van der Waals surface area contributed by atoms with Gasteiger partial charge in [0.1, 0.15) is 17.0 Å². The van der Waals surface area contributed by atoms with Crippen LogP contribution in [0.5, 0.6) is 0 Å². The van der Waals surface area contributed by atoms with Crippen molar-refractivity contribution in [2.75, 3.05) is 38.1 Å². The van der Waals surface area contributed by atoms with Crippen molar-refractivity contribution in [2.45, 2.75) is 44.7 Å². The van der Waals surface area contributed by atoms with E-state index in [2.05, 4.69) is 69.8 Å². The number of likely N-dealkylation sites (tertiary alicyclic amines) is 1. The van der Waals surface area contributed by atoms with Crippen molar-refractivity contribution in [3.63, 3.8) is 0 Å². The molecule has 0 amide bonds. The Morgan fingerprint density at radius 1 is 1.19 bits per heavy atom. The molecule has 5 nitrogen and oxygen atoms in total. The van der Waals surface area contributed by atoms with E-state index in [1.54, 1.807) is 17.7 Å². The molecule has 4 heterocycles. The Hall–Kier alpha value is -2.02. The number of thiophene rings is 1. The van der Waals surface area contributed by atoms with E-state index in [4.69, 9.17) is 4.98 Å². The molecule has 0 bridgehead atoms. The minimum absolute atomic E-state index is 0.495. The number of hydrogen-bond donors (Lipinski definition) is 1. The number of nitrogens with one attached hydrogen (secondary N) is 1. The van der Waals surface area contributed by atoms with Crippen molar-refractivity contribution >= 4 is 27.4 Å². The summed E-state index contributed by atoms with van der Waals surface area (Å²) >= 11 is 1.72. The van der Waals surface area contributed by atoms with Crippen LogP contribution < -0.4 is 10.2 Å². The molecule has 0 radical (unpaired) electrons. The monoisotopic (exact) mass is 435 g/mol. The lowest BCUT2D eigenvalue weighted by Gasteiger charge is -2.24. The summed E-state index contributed by atoms with van der Waals surface area (Å²) < 4.78 is 0. The Balaban J connectivity index is 1.28. The van der Waals surface area contributed by atoms with Gasteiger partial charge in [0, 0.05) is 29.6 Å². The van der Waals surface area contributed by atoms with Crippen LogP contribution in [0, 0.1) is 5.92 Å². The molecule has 5 rings (SSSR count). The Kier molecular flexibility index (Phi) is 6.21. The first-order chi connectivity index (χ1) is 15.2. The van der Waals surface area contributed by atoms with E-state index in [-0.39, 0.29) is 0 Å². The van der Waals surface area contributed by atoms with Crippen molar-refractivity contribution in [1.82, 2.24) is 20.2 Å². The van der Waals surface area contributed by atoms with Gasteiger partial charge >= 0.3 is 0 Å². The Bertz CT molecular complexity index is 1000. The quantitative estimate of drug-likeness (QED) is 0.548. The van der Waals surface area contributed by atoms with E-state index in [1.807, 2.05) is 0 Å². The largest absolute Gasteiger partial charge is 0.353 e. The molecule has 1 N–H and O–H groups in total. The van der Waals surface area contributed by atoms with Crippen molar-refractivity contribution in [3.8, 4) is 11.1 Å². The van der Waals surface area contributed by atoms with Gasteiger partial charge in [-0.2, -0.15) is 0 Å². The van der Waals surface area contributed by atoms with Gasteiger partial charge in [-0.3, -0.25) is 0 Å². The molecule has 6 heteroatoms. The second kappa shape index (κ2) is 9.23. The van der Waals surface area contributed by atoms with Crippen LogP contribution in [0.3, 0.4) is 0 Å². The molecule has 0 saturated carbocycles. The number of nitrogens with zero attached hydrogens (tertiary/aromatic N) is 4. The molecule has 3 aromatic rings. The summed E-state index contributed by atoms with van der Waals surface area (Å²) in [7, 11) is 2.27. The van der Waals surface area contributed by atoms with Gasteiger partial charge in [-0.25, -0.2) is 9.97 Å². The summed E-state index contributed by atoms with van der Waals surface area (Å²) in [4.78, 5) is 15.5. The maximum atomic E-state index is 4.78. The molecule has 2 aromatic heterocycles. The van der Waals surface area contributed by atoms with Crippen molar-refractivity contribution < 1.29 is 0 Å². The smallest absolute Gasteiger partial charge is 0.141 e. The van der Waals surface area contributed by atoms with E-state index in [0.717, 1.165) is 36.3 Å². The van der Waals surface area contributed by atoms with Crippen LogP contribution in [0.2, 0.25) is 0 Å². The Morgan fingerprint density at radius 2 is 2.06 bits per heavy atom.